The van der Waals surface area contributed by atoms with Gasteiger partial charge in [0.05, 0.1) is 0 Å². The zero-order valence-corrected chi connectivity index (χ0v) is 10.8. The first kappa shape index (κ1) is 12.9. The maximum absolute atomic E-state index is 12.0. The van der Waals surface area contributed by atoms with Gasteiger partial charge in [-0.25, -0.2) is 0 Å². The Labute approximate surface area is 105 Å². The molecule has 2 fully saturated rings. The van der Waals surface area contributed by atoms with Crippen LogP contribution in [-0.2, 0) is 4.79 Å². The minimum absolute atomic E-state index is 0.188. The van der Waals surface area contributed by atoms with E-state index in [4.69, 9.17) is 5.73 Å². The summed E-state index contributed by atoms with van der Waals surface area (Å²) in [5.41, 5.74) is 6.00. The summed E-state index contributed by atoms with van der Waals surface area (Å²) in [5.74, 6) is 1.18. The molecule has 3 nitrogen and oxygen atoms in total. The molecule has 2 aliphatic rings. The maximum Gasteiger partial charge on any atom is 0.223 e. The van der Waals surface area contributed by atoms with Crippen LogP contribution in [0.5, 0.6) is 0 Å². The molecule has 0 radical (unpaired) electrons. The summed E-state index contributed by atoms with van der Waals surface area (Å²) in [4.78, 5) is 12.0. The lowest BCUT2D eigenvalue weighted by molar-refractivity contribution is -0.125. The molecule has 1 amide bonds. The number of carbonyl (C=O) groups excluding carboxylic acids is 1. The van der Waals surface area contributed by atoms with Gasteiger partial charge in [-0.2, -0.15) is 0 Å². The topological polar surface area (TPSA) is 55.1 Å². The standard InChI is InChI=1S/C14H26N2O/c15-13(11-8-9-11)10-16-14(17)12-6-4-2-1-3-5-7-12/h11-13H,1-10,15H2,(H,16,17). The van der Waals surface area contributed by atoms with Crippen LogP contribution in [0.15, 0.2) is 0 Å². The third-order valence-corrected chi connectivity index (χ3v) is 4.22. The second-order valence-electron chi connectivity index (χ2n) is 5.79. The Hall–Kier alpha value is -0.570. The lowest BCUT2D eigenvalue weighted by Crippen LogP contribution is -2.41. The van der Waals surface area contributed by atoms with E-state index in [0.717, 1.165) is 12.8 Å². The van der Waals surface area contributed by atoms with Crippen molar-refractivity contribution in [2.45, 2.75) is 63.8 Å². The number of amides is 1. The van der Waals surface area contributed by atoms with E-state index in [1.54, 1.807) is 0 Å². The van der Waals surface area contributed by atoms with Gasteiger partial charge in [0.15, 0.2) is 0 Å². The maximum atomic E-state index is 12.0. The molecule has 0 aromatic heterocycles. The van der Waals surface area contributed by atoms with Crippen molar-refractivity contribution in [2.75, 3.05) is 6.54 Å². The van der Waals surface area contributed by atoms with Gasteiger partial charge in [-0.1, -0.05) is 32.1 Å². The average Bonchev–Trinajstić information content (AvgIpc) is 3.08. The van der Waals surface area contributed by atoms with Gasteiger partial charge in [-0.15, -0.1) is 0 Å². The van der Waals surface area contributed by atoms with E-state index >= 15 is 0 Å². The monoisotopic (exact) mass is 238 g/mol. The van der Waals surface area contributed by atoms with Crippen molar-refractivity contribution in [1.29, 1.82) is 0 Å². The molecule has 1 unspecified atom stereocenters. The fourth-order valence-electron chi connectivity index (χ4n) is 2.77. The fourth-order valence-corrected chi connectivity index (χ4v) is 2.77. The number of nitrogens with two attached hydrogens (primary N) is 1. The predicted molar refractivity (Wildman–Crippen MR) is 69.5 cm³/mol. The molecule has 0 aromatic rings. The van der Waals surface area contributed by atoms with Crippen LogP contribution in [0.25, 0.3) is 0 Å². The third kappa shape index (κ3) is 4.30. The second kappa shape index (κ2) is 6.39. The van der Waals surface area contributed by atoms with Crippen molar-refractivity contribution in [1.82, 2.24) is 5.32 Å². The number of hydrogen-bond donors (Lipinski definition) is 2. The van der Waals surface area contributed by atoms with Crippen LogP contribution in [0.2, 0.25) is 0 Å². The first-order chi connectivity index (χ1) is 8.27. The van der Waals surface area contributed by atoms with Crippen LogP contribution in [0.1, 0.15) is 57.8 Å². The highest BCUT2D eigenvalue weighted by Crippen LogP contribution is 2.31. The summed E-state index contributed by atoms with van der Waals surface area (Å²) < 4.78 is 0. The van der Waals surface area contributed by atoms with E-state index in [2.05, 4.69) is 5.32 Å². The average molecular weight is 238 g/mol. The van der Waals surface area contributed by atoms with Crippen molar-refractivity contribution in [3.8, 4) is 0 Å². The minimum atomic E-state index is 0.188. The van der Waals surface area contributed by atoms with Gasteiger partial charge in [0, 0.05) is 18.5 Å². The molecule has 0 aliphatic heterocycles. The van der Waals surface area contributed by atoms with Crippen molar-refractivity contribution >= 4 is 5.91 Å². The summed E-state index contributed by atoms with van der Waals surface area (Å²) in [5, 5.41) is 3.06. The number of hydrogen-bond acceptors (Lipinski definition) is 2. The van der Waals surface area contributed by atoms with Gasteiger partial charge in [0.1, 0.15) is 0 Å². The van der Waals surface area contributed by atoms with Crippen molar-refractivity contribution in [2.24, 2.45) is 17.6 Å². The van der Waals surface area contributed by atoms with Crippen molar-refractivity contribution < 1.29 is 4.79 Å². The first-order valence-electron chi connectivity index (χ1n) is 7.30. The van der Waals surface area contributed by atoms with Gasteiger partial charge in [-0.3, -0.25) is 4.79 Å². The summed E-state index contributed by atoms with van der Waals surface area (Å²) in [6.07, 6.45) is 11.0. The Morgan fingerprint density at radius 3 is 2.24 bits per heavy atom. The predicted octanol–water partition coefficient (Wildman–Crippen LogP) is 2.20. The SMILES string of the molecule is NC(CNC(=O)C1CCCCCCC1)C1CC1. The number of rotatable bonds is 4. The minimum Gasteiger partial charge on any atom is -0.354 e. The zero-order valence-electron chi connectivity index (χ0n) is 10.8. The molecule has 17 heavy (non-hydrogen) atoms. The van der Waals surface area contributed by atoms with Crippen molar-refractivity contribution in [3.05, 3.63) is 0 Å². The van der Waals surface area contributed by atoms with E-state index in [0.29, 0.717) is 12.5 Å². The summed E-state index contributed by atoms with van der Waals surface area (Å²) in [7, 11) is 0. The quantitative estimate of drug-likeness (QED) is 0.789. The molecular weight excluding hydrogens is 212 g/mol. The Morgan fingerprint density at radius 1 is 1.06 bits per heavy atom. The van der Waals surface area contributed by atoms with Gasteiger partial charge in [0.25, 0.3) is 0 Å². The highest BCUT2D eigenvalue weighted by Gasteiger charge is 2.29. The van der Waals surface area contributed by atoms with Crippen molar-refractivity contribution in [3.63, 3.8) is 0 Å². The molecule has 98 valence electrons. The molecule has 0 aromatic carbocycles. The highest BCUT2D eigenvalue weighted by atomic mass is 16.1. The zero-order chi connectivity index (χ0) is 12.1. The molecule has 2 rings (SSSR count). The normalized spacial score (nSPS) is 24.8. The van der Waals surface area contributed by atoms with Crippen LogP contribution in [0.3, 0.4) is 0 Å². The molecule has 0 saturated heterocycles. The van der Waals surface area contributed by atoms with Crippen LogP contribution in [-0.4, -0.2) is 18.5 Å². The van der Waals surface area contributed by atoms with Gasteiger partial charge >= 0.3 is 0 Å². The lowest BCUT2D eigenvalue weighted by Gasteiger charge is -2.20. The molecule has 3 heteroatoms. The second-order valence-corrected chi connectivity index (χ2v) is 5.79. The highest BCUT2D eigenvalue weighted by molar-refractivity contribution is 5.78. The largest absolute Gasteiger partial charge is 0.354 e. The van der Waals surface area contributed by atoms with Crippen LogP contribution in [0, 0.1) is 11.8 Å². The number of nitrogens with one attached hydrogen (secondary N) is 1. The lowest BCUT2D eigenvalue weighted by atomic mass is 9.90. The molecular formula is C14H26N2O. The Kier molecular flexibility index (Phi) is 4.84. The first-order valence-corrected chi connectivity index (χ1v) is 7.30. The summed E-state index contributed by atoms with van der Waals surface area (Å²) >= 11 is 0. The summed E-state index contributed by atoms with van der Waals surface area (Å²) in [6.45, 7) is 0.681. The van der Waals surface area contributed by atoms with Crippen LogP contribution in [0.4, 0.5) is 0 Å². The van der Waals surface area contributed by atoms with Gasteiger partial charge in [-0.05, 0) is 31.6 Å². The Balaban J connectivity index is 1.69. The third-order valence-electron chi connectivity index (χ3n) is 4.22. The molecule has 3 N–H and O–H groups in total. The van der Waals surface area contributed by atoms with E-state index in [-0.39, 0.29) is 17.9 Å². The molecule has 1 atom stereocenters. The van der Waals surface area contributed by atoms with E-state index in [1.165, 1.54) is 44.9 Å². The molecule has 0 spiro atoms. The molecule has 2 saturated carbocycles. The number of carbonyl (C=O) groups is 1. The molecule has 0 bridgehead atoms. The molecule has 0 heterocycles. The van der Waals surface area contributed by atoms with Gasteiger partial charge < -0.3 is 11.1 Å². The Morgan fingerprint density at radius 2 is 1.65 bits per heavy atom. The van der Waals surface area contributed by atoms with Gasteiger partial charge in [0.2, 0.25) is 5.91 Å². The van der Waals surface area contributed by atoms with Crippen LogP contribution >= 0.6 is 0 Å². The summed E-state index contributed by atoms with van der Waals surface area (Å²) in [6, 6.07) is 0.188. The van der Waals surface area contributed by atoms with E-state index in [1.807, 2.05) is 0 Å². The smallest absolute Gasteiger partial charge is 0.223 e. The van der Waals surface area contributed by atoms with Crippen LogP contribution < -0.4 is 11.1 Å². The fraction of sp³-hybridized carbons (Fsp3) is 0.929. The molecule has 2 aliphatic carbocycles. The van der Waals surface area contributed by atoms with E-state index < -0.39 is 0 Å². The van der Waals surface area contributed by atoms with E-state index in [9.17, 15) is 4.79 Å². The Bertz CT molecular complexity index is 243.